The maximum atomic E-state index is 3.78. The molecular formula is C15H16ClN. The first-order chi connectivity index (χ1) is 7.90. The third-order valence-electron chi connectivity index (χ3n) is 2.59. The minimum absolute atomic E-state index is 0. The van der Waals surface area contributed by atoms with Crippen molar-refractivity contribution in [1.82, 2.24) is 0 Å². The molecule has 0 fully saturated rings. The zero-order chi connectivity index (χ0) is 11.2. The lowest BCUT2D eigenvalue weighted by Crippen LogP contribution is -3.00. The number of hydrogen-bond donors (Lipinski definition) is 0. The summed E-state index contributed by atoms with van der Waals surface area (Å²) >= 11 is 0. The topological polar surface area (TPSA) is 3.88 Å². The van der Waals surface area contributed by atoms with E-state index in [1.807, 2.05) is 12.1 Å². The molecule has 0 unspecified atom stereocenters. The second-order valence-electron chi connectivity index (χ2n) is 3.80. The quantitative estimate of drug-likeness (QED) is 0.517. The normalized spacial score (nSPS) is 9.41. The van der Waals surface area contributed by atoms with Crippen LogP contribution < -0.4 is 17.0 Å². The summed E-state index contributed by atoms with van der Waals surface area (Å²) in [5.41, 5.74) is 2.65. The van der Waals surface area contributed by atoms with Gasteiger partial charge in [-0.05, 0) is 11.6 Å². The highest BCUT2D eigenvalue weighted by Crippen LogP contribution is 2.05. The Morgan fingerprint density at radius 2 is 1.71 bits per heavy atom. The van der Waals surface area contributed by atoms with Crippen LogP contribution in [0.3, 0.4) is 0 Å². The molecule has 1 heterocycles. The van der Waals surface area contributed by atoms with Crippen molar-refractivity contribution in [3.8, 4) is 0 Å². The van der Waals surface area contributed by atoms with Crippen molar-refractivity contribution in [1.29, 1.82) is 0 Å². The van der Waals surface area contributed by atoms with E-state index in [-0.39, 0.29) is 12.4 Å². The number of nitrogens with zero attached hydrogens (tertiary/aromatic N) is 1. The number of halogens is 1. The van der Waals surface area contributed by atoms with Gasteiger partial charge < -0.3 is 12.4 Å². The van der Waals surface area contributed by atoms with Crippen LogP contribution in [-0.4, -0.2) is 0 Å². The van der Waals surface area contributed by atoms with E-state index in [4.69, 9.17) is 0 Å². The summed E-state index contributed by atoms with van der Waals surface area (Å²) in [4.78, 5) is 0. The molecule has 0 aliphatic carbocycles. The van der Waals surface area contributed by atoms with Gasteiger partial charge in [0, 0.05) is 12.1 Å². The predicted octanol–water partition coefficient (Wildman–Crippen LogP) is -0.245. The van der Waals surface area contributed by atoms with E-state index in [9.17, 15) is 0 Å². The highest BCUT2D eigenvalue weighted by atomic mass is 35.5. The van der Waals surface area contributed by atoms with E-state index in [0.29, 0.717) is 0 Å². The standard InChI is InChI=1S/C15H16N.ClH/c1-2-11-16-12-7-6-10-15(16)13-14-8-4-3-5-9-14;/h2-10,12H,1,11,13H2;1H/q+1;/p-1. The van der Waals surface area contributed by atoms with Crippen molar-refractivity contribution < 1.29 is 17.0 Å². The van der Waals surface area contributed by atoms with Gasteiger partial charge in [0.05, 0.1) is 6.42 Å². The van der Waals surface area contributed by atoms with Gasteiger partial charge in [-0.2, -0.15) is 4.57 Å². The Kier molecular flexibility index (Phi) is 5.44. The minimum Gasteiger partial charge on any atom is -1.00 e. The smallest absolute Gasteiger partial charge is 0.186 e. The average Bonchev–Trinajstić information content (AvgIpc) is 2.33. The molecular weight excluding hydrogens is 230 g/mol. The van der Waals surface area contributed by atoms with Crippen molar-refractivity contribution in [2.24, 2.45) is 0 Å². The molecule has 2 aromatic rings. The Morgan fingerprint density at radius 3 is 2.41 bits per heavy atom. The summed E-state index contributed by atoms with van der Waals surface area (Å²) in [5, 5.41) is 0. The molecule has 0 aliphatic rings. The monoisotopic (exact) mass is 245 g/mol. The fourth-order valence-corrected chi connectivity index (χ4v) is 1.79. The Bertz CT molecular complexity index is 465. The molecule has 1 aromatic carbocycles. The molecule has 0 bridgehead atoms. The molecule has 0 spiro atoms. The molecule has 1 aromatic heterocycles. The van der Waals surface area contributed by atoms with Crippen LogP contribution in [0.5, 0.6) is 0 Å². The number of allylic oxidation sites excluding steroid dienone is 1. The van der Waals surface area contributed by atoms with E-state index < -0.39 is 0 Å². The lowest BCUT2D eigenvalue weighted by molar-refractivity contribution is -0.694. The first-order valence-corrected chi connectivity index (χ1v) is 5.52. The predicted molar refractivity (Wildman–Crippen MR) is 66.1 cm³/mol. The lowest BCUT2D eigenvalue weighted by Gasteiger charge is -2.02. The molecule has 0 atom stereocenters. The van der Waals surface area contributed by atoms with Gasteiger partial charge in [0.1, 0.15) is 0 Å². The zero-order valence-corrected chi connectivity index (χ0v) is 10.5. The largest absolute Gasteiger partial charge is 1.00 e. The average molecular weight is 246 g/mol. The van der Waals surface area contributed by atoms with Crippen LogP contribution in [0.1, 0.15) is 11.3 Å². The van der Waals surface area contributed by atoms with Crippen LogP contribution in [0.15, 0.2) is 67.4 Å². The molecule has 0 amide bonds. The number of benzene rings is 1. The molecule has 0 aliphatic heterocycles. The molecule has 0 saturated carbocycles. The molecule has 1 nitrogen and oxygen atoms in total. The third kappa shape index (κ3) is 3.72. The molecule has 2 rings (SSSR count). The van der Waals surface area contributed by atoms with Crippen molar-refractivity contribution >= 4 is 0 Å². The molecule has 2 heteroatoms. The Balaban J connectivity index is 0.00000144. The first kappa shape index (κ1) is 13.5. The van der Waals surface area contributed by atoms with Gasteiger partial charge in [0.2, 0.25) is 0 Å². The molecule has 0 radical (unpaired) electrons. The SMILES string of the molecule is C=CC[n+]1ccccc1Cc1ccccc1.[Cl-]. The first-order valence-electron chi connectivity index (χ1n) is 5.52. The third-order valence-corrected chi connectivity index (χ3v) is 2.59. The summed E-state index contributed by atoms with van der Waals surface area (Å²) in [6, 6.07) is 16.8. The number of pyridine rings is 1. The summed E-state index contributed by atoms with van der Waals surface area (Å²) < 4.78 is 2.22. The fraction of sp³-hybridized carbons (Fsp3) is 0.133. The highest BCUT2D eigenvalue weighted by molar-refractivity contribution is 5.19. The molecule has 0 saturated heterocycles. The Labute approximate surface area is 109 Å². The van der Waals surface area contributed by atoms with Crippen LogP contribution in [0.4, 0.5) is 0 Å². The number of aromatic nitrogens is 1. The van der Waals surface area contributed by atoms with Crippen molar-refractivity contribution in [3.63, 3.8) is 0 Å². The van der Waals surface area contributed by atoms with E-state index in [1.54, 1.807) is 0 Å². The summed E-state index contributed by atoms with van der Waals surface area (Å²) in [7, 11) is 0. The fourth-order valence-electron chi connectivity index (χ4n) is 1.79. The van der Waals surface area contributed by atoms with Crippen LogP contribution in [0, 0.1) is 0 Å². The van der Waals surface area contributed by atoms with Crippen LogP contribution in [-0.2, 0) is 13.0 Å². The maximum absolute atomic E-state index is 3.78. The lowest BCUT2D eigenvalue weighted by atomic mass is 10.1. The van der Waals surface area contributed by atoms with Crippen molar-refractivity contribution in [2.45, 2.75) is 13.0 Å². The number of rotatable bonds is 4. The summed E-state index contributed by atoms with van der Waals surface area (Å²) in [6.07, 6.45) is 4.99. The van der Waals surface area contributed by atoms with Gasteiger partial charge >= 0.3 is 0 Å². The van der Waals surface area contributed by atoms with Crippen molar-refractivity contribution in [2.75, 3.05) is 0 Å². The molecule has 17 heavy (non-hydrogen) atoms. The Hall–Kier alpha value is -1.60. The van der Waals surface area contributed by atoms with Gasteiger partial charge in [-0.15, -0.1) is 0 Å². The van der Waals surface area contributed by atoms with E-state index in [0.717, 1.165) is 13.0 Å². The zero-order valence-electron chi connectivity index (χ0n) is 9.72. The number of hydrogen-bond acceptors (Lipinski definition) is 0. The summed E-state index contributed by atoms with van der Waals surface area (Å²) in [6.45, 7) is 4.65. The van der Waals surface area contributed by atoms with Gasteiger partial charge in [-0.1, -0.05) is 43.0 Å². The molecule has 88 valence electrons. The van der Waals surface area contributed by atoms with Gasteiger partial charge in [-0.25, -0.2) is 0 Å². The van der Waals surface area contributed by atoms with Crippen LogP contribution in [0.25, 0.3) is 0 Å². The minimum atomic E-state index is 0. The van der Waals surface area contributed by atoms with Crippen LogP contribution in [0.2, 0.25) is 0 Å². The van der Waals surface area contributed by atoms with E-state index in [1.165, 1.54) is 11.3 Å². The van der Waals surface area contributed by atoms with E-state index >= 15 is 0 Å². The second kappa shape index (κ2) is 6.87. The summed E-state index contributed by atoms with van der Waals surface area (Å²) in [5.74, 6) is 0. The molecule has 0 N–H and O–H groups in total. The van der Waals surface area contributed by atoms with E-state index in [2.05, 4.69) is 59.8 Å². The van der Waals surface area contributed by atoms with Crippen molar-refractivity contribution in [3.05, 3.63) is 78.6 Å². The Morgan fingerprint density at radius 1 is 1.00 bits per heavy atom. The second-order valence-corrected chi connectivity index (χ2v) is 3.80. The highest BCUT2D eigenvalue weighted by Gasteiger charge is 2.07. The van der Waals surface area contributed by atoms with Gasteiger partial charge in [-0.3, -0.25) is 0 Å². The maximum Gasteiger partial charge on any atom is 0.186 e. The van der Waals surface area contributed by atoms with Crippen LogP contribution >= 0.6 is 0 Å². The van der Waals surface area contributed by atoms with Gasteiger partial charge in [0.15, 0.2) is 18.4 Å². The van der Waals surface area contributed by atoms with Gasteiger partial charge in [0.25, 0.3) is 0 Å².